The van der Waals surface area contributed by atoms with Gasteiger partial charge in [-0.1, -0.05) is 50.2 Å². The number of rotatable bonds is 5. The first-order chi connectivity index (χ1) is 9.61. The van der Waals surface area contributed by atoms with Crippen LogP contribution in [0.25, 0.3) is 11.1 Å². The Hall–Kier alpha value is -1.80. The minimum absolute atomic E-state index is 0.504. The molecule has 2 rings (SSSR count). The monoisotopic (exact) mass is 269 g/mol. The maximum atomic E-state index is 5.45. The molecule has 0 aliphatic heterocycles. The minimum Gasteiger partial charge on any atom is -0.496 e. The summed E-state index contributed by atoms with van der Waals surface area (Å²) in [5.41, 5.74) is 4.97. The zero-order chi connectivity index (χ0) is 14.5. The van der Waals surface area contributed by atoms with Gasteiger partial charge in [0.1, 0.15) is 5.75 Å². The quantitative estimate of drug-likeness (QED) is 0.879. The molecule has 2 aromatic rings. The van der Waals surface area contributed by atoms with E-state index in [1.807, 2.05) is 18.2 Å². The van der Waals surface area contributed by atoms with E-state index in [1.54, 1.807) is 7.11 Å². The average molecular weight is 269 g/mol. The predicted molar refractivity (Wildman–Crippen MR) is 85.1 cm³/mol. The van der Waals surface area contributed by atoms with Crippen LogP contribution in [-0.4, -0.2) is 13.2 Å². The summed E-state index contributed by atoms with van der Waals surface area (Å²) in [6.07, 6.45) is 0. The first-order valence-corrected chi connectivity index (χ1v) is 7.08. The van der Waals surface area contributed by atoms with E-state index < -0.39 is 0 Å². The van der Waals surface area contributed by atoms with E-state index >= 15 is 0 Å². The molecule has 106 valence electrons. The first-order valence-electron chi connectivity index (χ1n) is 7.08. The van der Waals surface area contributed by atoms with Gasteiger partial charge in [0.25, 0.3) is 0 Å². The summed E-state index contributed by atoms with van der Waals surface area (Å²) in [6.45, 7) is 7.39. The summed E-state index contributed by atoms with van der Waals surface area (Å²) in [4.78, 5) is 0. The lowest BCUT2D eigenvalue weighted by molar-refractivity contribution is 0.416. The van der Waals surface area contributed by atoms with Crippen LogP contribution in [0.5, 0.6) is 5.75 Å². The Morgan fingerprint density at radius 3 is 2.45 bits per heavy atom. The van der Waals surface area contributed by atoms with E-state index in [9.17, 15) is 0 Å². The van der Waals surface area contributed by atoms with E-state index in [0.717, 1.165) is 17.9 Å². The molecule has 0 amide bonds. The van der Waals surface area contributed by atoms with Gasteiger partial charge >= 0.3 is 0 Å². The highest BCUT2D eigenvalue weighted by Gasteiger charge is 2.08. The molecular weight excluding hydrogens is 246 g/mol. The molecule has 0 atom stereocenters. The highest BCUT2D eigenvalue weighted by molar-refractivity contribution is 5.73. The SMILES string of the molecule is COc1ccccc1-c1ccc(CNC(C)C)cc1C. The van der Waals surface area contributed by atoms with Crippen molar-refractivity contribution in [3.63, 3.8) is 0 Å². The van der Waals surface area contributed by atoms with Crippen LogP contribution < -0.4 is 10.1 Å². The maximum Gasteiger partial charge on any atom is 0.126 e. The Bertz CT molecular complexity index is 575. The normalized spacial score (nSPS) is 10.8. The molecule has 0 heterocycles. The smallest absolute Gasteiger partial charge is 0.126 e. The maximum absolute atomic E-state index is 5.45. The van der Waals surface area contributed by atoms with Gasteiger partial charge < -0.3 is 10.1 Å². The molecule has 0 unspecified atom stereocenters. The second-order valence-corrected chi connectivity index (χ2v) is 5.39. The Kier molecular flexibility index (Phi) is 4.80. The van der Waals surface area contributed by atoms with Crippen LogP contribution in [0, 0.1) is 6.92 Å². The third kappa shape index (κ3) is 3.40. The Morgan fingerprint density at radius 1 is 1.05 bits per heavy atom. The van der Waals surface area contributed by atoms with Crippen molar-refractivity contribution in [3.05, 3.63) is 53.6 Å². The van der Waals surface area contributed by atoms with E-state index in [0.29, 0.717) is 6.04 Å². The largest absolute Gasteiger partial charge is 0.496 e. The van der Waals surface area contributed by atoms with E-state index in [-0.39, 0.29) is 0 Å². The summed E-state index contributed by atoms with van der Waals surface area (Å²) in [6, 6.07) is 15.3. The number of para-hydroxylation sites is 1. The molecule has 2 nitrogen and oxygen atoms in total. The van der Waals surface area contributed by atoms with Crippen molar-refractivity contribution in [1.29, 1.82) is 0 Å². The van der Waals surface area contributed by atoms with Gasteiger partial charge in [0, 0.05) is 18.2 Å². The third-order valence-electron chi connectivity index (χ3n) is 3.40. The summed E-state index contributed by atoms with van der Waals surface area (Å²) < 4.78 is 5.45. The molecule has 0 bridgehead atoms. The van der Waals surface area contributed by atoms with Crippen LogP contribution in [0.3, 0.4) is 0 Å². The fourth-order valence-electron chi connectivity index (χ4n) is 2.33. The molecule has 0 saturated carbocycles. The Morgan fingerprint density at radius 2 is 1.80 bits per heavy atom. The molecule has 2 aromatic carbocycles. The number of methoxy groups -OCH3 is 1. The van der Waals surface area contributed by atoms with Crippen molar-refractivity contribution >= 4 is 0 Å². The minimum atomic E-state index is 0.504. The molecule has 0 fully saturated rings. The van der Waals surface area contributed by atoms with Crippen molar-refractivity contribution in [3.8, 4) is 16.9 Å². The van der Waals surface area contributed by atoms with Crippen LogP contribution in [0.2, 0.25) is 0 Å². The highest BCUT2D eigenvalue weighted by atomic mass is 16.5. The van der Waals surface area contributed by atoms with Crippen LogP contribution in [0.1, 0.15) is 25.0 Å². The average Bonchev–Trinajstić information content (AvgIpc) is 2.45. The molecule has 0 aliphatic carbocycles. The number of ether oxygens (including phenoxy) is 1. The van der Waals surface area contributed by atoms with Crippen molar-refractivity contribution in [2.75, 3.05) is 7.11 Å². The molecule has 2 heteroatoms. The van der Waals surface area contributed by atoms with Crippen LogP contribution in [0.15, 0.2) is 42.5 Å². The van der Waals surface area contributed by atoms with Gasteiger partial charge in [-0.15, -0.1) is 0 Å². The van der Waals surface area contributed by atoms with Crippen molar-refractivity contribution in [2.45, 2.75) is 33.4 Å². The predicted octanol–water partition coefficient (Wildman–Crippen LogP) is 4.17. The van der Waals surface area contributed by atoms with Crippen molar-refractivity contribution in [1.82, 2.24) is 5.32 Å². The zero-order valence-electron chi connectivity index (χ0n) is 12.7. The van der Waals surface area contributed by atoms with E-state index in [4.69, 9.17) is 4.74 Å². The van der Waals surface area contributed by atoms with Crippen molar-refractivity contribution < 1.29 is 4.74 Å². The van der Waals surface area contributed by atoms with E-state index in [2.05, 4.69) is 50.4 Å². The molecule has 0 spiro atoms. The zero-order valence-corrected chi connectivity index (χ0v) is 12.7. The second kappa shape index (κ2) is 6.58. The Labute approximate surface area is 121 Å². The molecule has 1 N–H and O–H groups in total. The fraction of sp³-hybridized carbons (Fsp3) is 0.333. The number of hydrogen-bond acceptors (Lipinski definition) is 2. The number of nitrogens with one attached hydrogen (secondary N) is 1. The molecule has 0 aromatic heterocycles. The highest BCUT2D eigenvalue weighted by Crippen LogP contribution is 2.32. The number of aryl methyl sites for hydroxylation is 1. The number of hydrogen-bond donors (Lipinski definition) is 1. The van der Waals surface area contributed by atoms with Gasteiger partial charge in [0.2, 0.25) is 0 Å². The van der Waals surface area contributed by atoms with Gasteiger partial charge in [-0.05, 0) is 29.7 Å². The molecule has 0 aliphatic rings. The third-order valence-corrected chi connectivity index (χ3v) is 3.40. The standard InChI is InChI=1S/C18H23NO/c1-13(2)19-12-15-9-10-16(14(3)11-15)17-7-5-6-8-18(17)20-4/h5-11,13,19H,12H2,1-4H3. The molecule has 0 saturated heterocycles. The lowest BCUT2D eigenvalue weighted by Gasteiger charge is -2.13. The lowest BCUT2D eigenvalue weighted by atomic mass is 9.97. The summed E-state index contributed by atoms with van der Waals surface area (Å²) in [5.74, 6) is 0.920. The molecular formula is C18H23NO. The van der Waals surface area contributed by atoms with Crippen LogP contribution >= 0.6 is 0 Å². The van der Waals surface area contributed by atoms with Crippen molar-refractivity contribution in [2.24, 2.45) is 0 Å². The topological polar surface area (TPSA) is 21.3 Å². The fourth-order valence-corrected chi connectivity index (χ4v) is 2.33. The van der Waals surface area contributed by atoms with Gasteiger partial charge in [0.05, 0.1) is 7.11 Å². The second-order valence-electron chi connectivity index (χ2n) is 5.39. The van der Waals surface area contributed by atoms with Gasteiger partial charge in [-0.3, -0.25) is 0 Å². The van der Waals surface area contributed by atoms with Crippen LogP contribution in [-0.2, 0) is 6.54 Å². The lowest BCUT2D eigenvalue weighted by Crippen LogP contribution is -2.21. The first kappa shape index (κ1) is 14.6. The summed E-state index contributed by atoms with van der Waals surface area (Å²) >= 11 is 0. The number of benzene rings is 2. The van der Waals surface area contributed by atoms with Gasteiger partial charge in [0.15, 0.2) is 0 Å². The van der Waals surface area contributed by atoms with Crippen LogP contribution in [0.4, 0.5) is 0 Å². The van der Waals surface area contributed by atoms with Gasteiger partial charge in [-0.2, -0.15) is 0 Å². The molecule has 0 radical (unpaired) electrons. The summed E-state index contributed by atoms with van der Waals surface area (Å²) in [7, 11) is 1.72. The summed E-state index contributed by atoms with van der Waals surface area (Å²) in [5, 5.41) is 3.45. The Balaban J connectivity index is 2.30. The molecule has 20 heavy (non-hydrogen) atoms. The van der Waals surface area contributed by atoms with Gasteiger partial charge in [-0.25, -0.2) is 0 Å². The van der Waals surface area contributed by atoms with E-state index in [1.165, 1.54) is 16.7 Å².